The van der Waals surface area contributed by atoms with E-state index in [1.54, 1.807) is 29.7 Å². The van der Waals surface area contributed by atoms with Crippen molar-refractivity contribution in [3.05, 3.63) is 57.9 Å². The van der Waals surface area contributed by atoms with Gasteiger partial charge in [0.1, 0.15) is 11.4 Å². The SMILES string of the molecule is Cc1cc2n(c1C(=O)NCc1ccc(Cl)cc1)CCN(CC1(S(=O)(=O)C(C)(C)C(O)CO)CC1)C2=O. The fourth-order valence-corrected chi connectivity index (χ4v) is 7.50. The Balaban J connectivity index is 1.51. The van der Waals surface area contributed by atoms with E-state index in [-0.39, 0.29) is 24.9 Å². The van der Waals surface area contributed by atoms with Gasteiger partial charge >= 0.3 is 0 Å². The van der Waals surface area contributed by atoms with Gasteiger partial charge in [0.05, 0.1) is 22.2 Å². The molecule has 11 heteroatoms. The number of carbonyl (C=O) groups excluding carboxylic acids is 2. The fraction of sp³-hybridized carbons (Fsp3) is 0.520. The summed E-state index contributed by atoms with van der Waals surface area (Å²) in [5.74, 6) is -0.626. The van der Waals surface area contributed by atoms with Crippen molar-refractivity contribution in [2.75, 3.05) is 19.7 Å². The monoisotopic (exact) mass is 537 g/mol. The molecule has 1 aromatic heterocycles. The summed E-state index contributed by atoms with van der Waals surface area (Å²) in [4.78, 5) is 27.9. The second-order valence-corrected chi connectivity index (χ2v) is 13.6. The molecule has 0 radical (unpaired) electrons. The molecule has 0 saturated heterocycles. The first kappa shape index (κ1) is 26.7. The lowest BCUT2D eigenvalue weighted by Crippen LogP contribution is -2.55. The second-order valence-electron chi connectivity index (χ2n) is 10.2. The molecule has 4 rings (SSSR count). The molecule has 1 atom stereocenters. The first-order chi connectivity index (χ1) is 16.8. The minimum atomic E-state index is -3.87. The molecule has 2 aliphatic rings. The van der Waals surface area contributed by atoms with Gasteiger partial charge in [-0.15, -0.1) is 0 Å². The number of aliphatic hydroxyl groups is 2. The van der Waals surface area contributed by atoms with Crippen LogP contribution < -0.4 is 5.32 Å². The van der Waals surface area contributed by atoms with E-state index in [2.05, 4.69) is 5.32 Å². The molecule has 196 valence electrons. The molecule has 0 spiro atoms. The van der Waals surface area contributed by atoms with E-state index >= 15 is 0 Å². The van der Waals surface area contributed by atoms with Gasteiger partial charge in [0.2, 0.25) is 0 Å². The van der Waals surface area contributed by atoms with Crippen LogP contribution in [0.3, 0.4) is 0 Å². The topological polar surface area (TPSA) is 129 Å². The van der Waals surface area contributed by atoms with Crippen molar-refractivity contribution < 1.29 is 28.2 Å². The van der Waals surface area contributed by atoms with E-state index in [9.17, 15) is 28.2 Å². The maximum atomic E-state index is 13.4. The summed E-state index contributed by atoms with van der Waals surface area (Å²) in [6.45, 7) is 4.86. The zero-order chi connectivity index (χ0) is 26.5. The van der Waals surface area contributed by atoms with Gasteiger partial charge in [-0.3, -0.25) is 9.59 Å². The third kappa shape index (κ3) is 4.44. The lowest BCUT2D eigenvalue weighted by atomic mass is 10.1. The Bertz CT molecular complexity index is 1280. The van der Waals surface area contributed by atoms with Crippen LogP contribution in [0.1, 0.15) is 58.8 Å². The Labute approximate surface area is 216 Å². The van der Waals surface area contributed by atoms with Gasteiger partial charge in [-0.25, -0.2) is 8.42 Å². The summed E-state index contributed by atoms with van der Waals surface area (Å²) in [5.41, 5.74) is 2.31. The van der Waals surface area contributed by atoms with E-state index < -0.39 is 32.0 Å². The molecule has 1 aromatic carbocycles. The Hall–Kier alpha value is -2.40. The average molecular weight is 538 g/mol. The zero-order valence-corrected chi connectivity index (χ0v) is 22.2. The maximum Gasteiger partial charge on any atom is 0.270 e. The van der Waals surface area contributed by atoms with Gasteiger partial charge in [-0.2, -0.15) is 0 Å². The number of benzene rings is 1. The summed E-state index contributed by atoms with van der Waals surface area (Å²) in [6, 6.07) is 8.82. The molecule has 0 bridgehead atoms. The predicted molar refractivity (Wildman–Crippen MR) is 136 cm³/mol. The summed E-state index contributed by atoms with van der Waals surface area (Å²) < 4.78 is 25.9. The van der Waals surface area contributed by atoms with Crippen molar-refractivity contribution in [1.29, 1.82) is 0 Å². The predicted octanol–water partition coefficient (Wildman–Crippen LogP) is 1.91. The largest absolute Gasteiger partial charge is 0.394 e. The first-order valence-electron chi connectivity index (χ1n) is 11.9. The number of sulfone groups is 1. The summed E-state index contributed by atoms with van der Waals surface area (Å²) in [7, 11) is -3.87. The van der Waals surface area contributed by atoms with Gasteiger partial charge < -0.3 is 25.0 Å². The van der Waals surface area contributed by atoms with E-state index in [1.165, 1.54) is 18.7 Å². The number of carbonyl (C=O) groups is 2. The Morgan fingerprint density at radius 3 is 2.44 bits per heavy atom. The highest BCUT2D eigenvalue weighted by molar-refractivity contribution is 7.94. The molecule has 1 fully saturated rings. The third-order valence-electron chi connectivity index (χ3n) is 7.49. The maximum absolute atomic E-state index is 13.4. The minimum Gasteiger partial charge on any atom is -0.394 e. The summed E-state index contributed by atoms with van der Waals surface area (Å²) in [5, 5.41) is 23.0. The number of nitrogens with zero attached hydrogens (tertiary/aromatic N) is 2. The highest BCUT2D eigenvalue weighted by Crippen LogP contribution is 2.50. The molecule has 2 heterocycles. The van der Waals surface area contributed by atoms with E-state index in [0.717, 1.165) is 5.56 Å². The number of aromatic nitrogens is 1. The Morgan fingerprint density at radius 1 is 1.22 bits per heavy atom. The first-order valence-corrected chi connectivity index (χ1v) is 13.8. The van der Waals surface area contributed by atoms with Crippen molar-refractivity contribution in [3.63, 3.8) is 0 Å². The highest BCUT2D eigenvalue weighted by atomic mass is 35.5. The normalized spacial score (nSPS) is 18.1. The van der Waals surface area contributed by atoms with Gasteiger partial charge in [-0.1, -0.05) is 23.7 Å². The fourth-order valence-electron chi connectivity index (χ4n) is 4.86. The number of fused-ring (bicyclic) bond motifs is 1. The Morgan fingerprint density at radius 2 is 1.86 bits per heavy atom. The molecule has 36 heavy (non-hydrogen) atoms. The van der Waals surface area contributed by atoms with Crippen LogP contribution in [-0.4, -0.2) is 75.2 Å². The summed E-state index contributed by atoms with van der Waals surface area (Å²) in [6.07, 6.45) is -0.649. The molecule has 2 aromatic rings. The van der Waals surface area contributed by atoms with Crippen LogP contribution in [0.5, 0.6) is 0 Å². The molecule has 1 saturated carbocycles. The van der Waals surface area contributed by atoms with Gasteiger partial charge in [0.25, 0.3) is 11.8 Å². The van der Waals surface area contributed by atoms with Crippen LogP contribution in [0.2, 0.25) is 5.02 Å². The summed E-state index contributed by atoms with van der Waals surface area (Å²) >= 11 is 5.91. The standard InChI is InChI=1S/C25H32ClN3O6S/c1-16-12-19-23(33)28(15-25(8-9-25)36(34,35)24(2,3)20(31)14-30)10-11-29(19)21(16)22(32)27-13-17-4-6-18(26)7-5-17/h4-7,12,20,30-31H,8-11,13-15H2,1-3H3,(H,27,32). The Kier molecular flexibility index (Phi) is 7.02. The molecular formula is C25H32ClN3O6S. The van der Waals surface area contributed by atoms with E-state index in [1.807, 2.05) is 12.1 Å². The highest BCUT2D eigenvalue weighted by Gasteiger charge is 2.62. The number of nitrogens with one attached hydrogen (secondary N) is 1. The van der Waals surface area contributed by atoms with Crippen LogP contribution in [0.15, 0.2) is 30.3 Å². The molecule has 1 unspecified atom stereocenters. The molecule has 1 aliphatic carbocycles. The number of hydrogen-bond acceptors (Lipinski definition) is 6. The number of aliphatic hydroxyl groups excluding tert-OH is 2. The smallest absolute Gasteiger partial charge is 0.270 e. The number of rotatable bonds is 9. The zero-order valence-electron chi connectivity index (χ0n) is 20.6. The number of aryl methyl sites for hydroxylation is 1. The van der Waals surface area contributed by atoms with Crippen molar-refractivity contribution in [2.24, 2.45) is 0 Å². The lowest BCUT2D eigenvalue weighted by Gasteiger charge is -2.37. The number of halogens is 1. The second kappa shape index (κ2) is 9.48. The van der Waals surface area contributed by atoms with Crippen molar-refractivity contribution in [2.45, 2.75) is 62.3 Å². The van der Waals surface area contributed by atoms with Gasteiger partial charge in [0, 0.05) is 31.2 Å². The van der Waals surface area contributed by atoms with E-state index in [4.69, 9.17) is 11.6 Å². The molecule has 1 aliphatic heterocycles. The lowest BCUT2D eigenvalue weighted by molar-refractivity contribution is 0.0665. The molecule has 2 amide bonds. The van der Waals surface area contributed by atoms with Crippen molar-refractivity contribution >= 4 is 33.3 Å². The average Bonchev–Trinajstić information content (AvgIpc) is 3.55. The van der Waals surface area contributed by atoms with Crippen LogP contribution in [0.25, 0.3) is 0 Å². The van der Waals surface area contributed by atoms with Gasteiger partial charge in [0.15, 0.2) is 9.84 Å². The third-order valence-corrected chi connectivity index (χ3v) is 11.1. The van der Waals surface area contributed by atoms with Crippen LogP contribution in [0, 0.1) is 6.92 Å². The van der Waals surface area contributed by atoms with Crippen molar-refractivity contribution in [3.8, 4) is 0 Å². The van der Waals surface area contributed by atoms with Gasteiger partial charge in [-0.05, 0) is 62.9 Å². The van der Waals surface area contributed by atoms with Crippen molar-refractivity contribution in [1.82, 2.24) is 14.8 Å². The molecule has 3 N–H and O–H groups in total. The quantitative estimate of drug-likeness (QED) is 0.448. The van der Waals surface area contributed by atoms with Crippen LogP contribution >= 0.6 is 11.6 Å². The number of amides is 2. The van der Waals surface area contributed by atoms with Crippen LogP contribution in [0.4, 0.5) is 0 Å². The van der Waals surface area contributed by atoms with Crippen LogP contribution in [-0.2, 0) is 22.9 Å². The van der Waals surface area contributed by atoms with E-state index in [0.29, 0.717) is 47.9 Å². The molecular weight excluding hydrogens is 506 g/mol. The molecule has 9 nitrogen and oxygen atoms in total. The number of hydrogen-bond donors (Lipinski definition) is 3. The minimum absolute atomic E-state index is 0.0120.